The van der Waals surface area contributed by atoms with Crippen LogP contribution in [0.3, 0.4) is 0 Å². The standard InChI is InChI=1S/C24H42N4O/c1-5-11-19(3)23(27-18-25-17-22-14-10-15-28(22)6-2)20(4)24(29)26-16-21-12-8-7-9-13-21/h18,21-22H,3,5-17H2,1-2,4H3,(H,25,27)(H,26,29)/b23-20-. The Labute approximate surface area is 178 Å². The van der Waals surface area contributed by atoms with Crippen molar-refractivity contribution in [2.45, 2.75) is 84.6 Å². The molecule has 2 rings (SSSR count). The van der Waals surface area contributed by atoms with Gasteiger partial charge in [0.2, 0.25) is 5.91 Å². The van der Waals surface area contributed by atoms with Crippen LogP contribution in [0, 0.1) is 5.92 Å². The number of amides is 1. The van der Waals surface area contributed by atoms with E-state index in [2.05, 4.69) is 41.0 Å². The quantitative estimate of drug-likeness (QED) is 0.233. The molecule has 1 aliphatic carbocycles. The van der Waals surface area contributed by atoms with E-state index in [-0.39, 0.29) is 5.91 Å². The fourth-order valence-corrected chi connectivity index (χ4v) is 4.58. The van der Waals surface area contributed by atoms with E-state index in [0.717, 1.165) is 43.7 Å². The minimum atomic E-state index is 0.0108. The maximum Gasteiger partial charge on any atom is 0.249 e. The predicted octanol–water partition coefficient (Wildman–Crippen LogP) is 4.42. The Morgan fingerprint density at radius 3 is 2.62 bits per heavy atom. The molecule has 0 bridgehead atoms. The summed E-state index contributed by atoms with van der Waals surface area (Å²) in [4.78, 5) is 19.9. The number of likely N-dealkylation sites (tertiary alicyclic amines) is 1. The summed E-state index contributed by atoms with van der Waals surface area (Å²) < 4.78 is 0. The monoisotopic (exact) mass is 402 g/mol. The van der Waals surface area contributed by atoms with Crippen LogP contribution in [0.4, 0.5) is 0 Å². The van der Waals surface area contributed by atoms with Crippen molar-refractivity contribution < 1.29 is 4.79 Å². The van der Waals surface area contributed by atoms with Gasteiger partial charge in [0.05, 0.1) is 18.6 Å². The molecule has 1 heterocycles. The summed E-state index contributed by atoms with van der Waals surface area (Å²) in [6.45, 7) is 14.3. The molecule has 5 nitrogen and oxygen atoms in total. The number of hydrogen-bond donors (Lipinski definition) is 2. The van der Waals surface area contributed by atoms with Gasteiger partial charge < -0.3 is 10.6 Å². The molecule has 29 heavy (non-hydrogen) atoms. The SMILES string of the molecule is C=C(CCC)/C(NC=NCC1CCCN1CC)=C(\C)C(=O)NCC1CCCCC1. The Morgan fingerprint density at radius 1 is 1.17 bits per heavy atom. The van der Waals surface area contributed by atoms with Crippen molar-refractivity contribution in [2.24, 2.45) is 10.9 Å². The van der Waals surface area contributed by atoms with Gasteiger partial charge in [-0.3, -0.25) is 14.7 Å². The molecular weight excluding hydrogens is 360 g/mol. The second-order valence-corrected chi connectivity index (χ2v) is 8.63. The molecule has 0 aromatic rings. The van der Waals surface area contributed by atoms with Gasteiger partial charge in [-0.2, -0.15) is 0 Å². The lowest BCUT2D eigenvalue weighted by atomic mass is 9.89. The summed E-state index contributed by atoms with van der Waals surface area (Å²) in [7, 11) is 0. The third kappa shape index (κ3) is 7.61. The normalized spacial score (nSPS) is 22.0. The zero-order valence-corrected chi connectivity index (χ0v) is 18.9. The Bertz CT molecular complexity index is 590. The smallest absolute Gasteiger partial charge is 0.249 e. The number of carbonyl (C=O) groups is 1. The van der Waals surface area contributed by atoms with E-state index in [9.17, 15) is 4.79 Å². The number of rotatable bonds is 11. The topological polar surface area (TPSA) is 56.7 Å². The van der Waals surface area contributed by atoms with E-state index in [4.69, 9.17) is 0 Å². The van der Waals surface area contributed by atoms with Gasteiger partial charge in [0, 0.05) is 18.2 Å². The fraction of sp³-hybridized carbons (Fsp3) is 0.750. The van der Waals surface area contributed by atoms with Crippen LogP contribution in [-0.2, 0) is 4.79 Å². The first-order valence-electron chi connectivity index (χ1n) is 11.7. The molecule has 0 aromatic carbocycles. The molecule has 5 heteroatoms. The average Bonchev–Trinajstić information content (AvgIpc) is 3.20. The minimum Gasteiger partial charge on any atom is -0.352 e. The Hall–Kier alpha value is -1.62. The average molecular weight is 403 g/mol. The molecule has 164 valence electrons. The van der Waals surface area contributed by atoms with Gasteiger partial charge in [-0.05, 0) is 63.6 Å². The molecule has 1 saturated carbocycles. The molecule has 1 atom stereocenters. The van der Waals surface area contributed by atoms with E-state index in [1.165, 1.54) is 51.5 Å². The second kappa shape index (κ2) is 12.8. The number of likely N-dealkylation sites (N-methyl/N-ethyl adjacent to an activating group) is 1. The van der Waals surface area contributed by atoms with Crippen LogP contribution in [0.5, 0.6) is 0 Å². The highest BCUT2D eigenvalue weighted by atomic mass is 16.1. The lowest BCUT2D eigenvalue weighted by molar-refractivity contribution is -0.117. The van der Waals surface area contributed by atoms with Gasteiger partial charge in [-0.25, -0.2) is 0 Å². The van der Waals surface area contributed by atoms with Crippen LogP contribution >= 0.6 is 0 Å². The highest BCUT2D eigenvalue weighted by Crippen LogP contribution is 2.23. The maximum atomic E-state index is 12.8. The summed E-state index contributed by atoms with van der Waals surface area (Å²) in [6.07, 6.45) is 12.5. The summed E-state index contributed by atoms with van der Waals surface area (Å²) in [5.74, 6) is 0.641. The van der Waals surface area contributed by atoms with Crippen LogP contribution in [0.15, 0.2) is 28.4 Å². The number of nitrogens with zero attached hydrogens (tertiary/aromatic N) is 2. The highest BCUT2D eigenvalue weighted by molar-refractivity contribution is 5.94. The lowest BCUT2D eigenvalue weighted by Gasteiger charge is -2.22. The van der Waals surface area contributed by atoms with Gasteiger partial charge in [-0.15, -0.1) is 0 Å². The van der Waals surface area contributed by atoms with Crippen molar-refractivity contribution in [3.05, 3.63) is 23.4 Å². The summed E-state index contributed by atoms with van der Waals surface area (Å²) in [5.41, 5.74) is 2.51. The third-order valence-corrected chi connectivity index (χ3v) is 6.42. The van der Waals surface area contributed by atoms with Crippen molar-refractivity contribution in [1.29, 1.82) is 0 Å². The fourth-order valence-electron chi connectivity index (χ4n) is 4.58. The molecule has 1 amide bonds. The van der Waals surface area contributed by atoms with Crippen molar-refractivity contribution in [3.63, 3.8) is 0 Å². The van der Waals surface area contributed by atoms with Crippen LogP contribution < -0.4 is 10.6 Å². The van der Waals surface area contributed by atoms with Crippen LogP contribution in [0.2, 0.25) is 0 Å². The molecule has 1 unspecified atom stereocenters. The van der Waals surface area contributed by atoms with Crippen LogP contribution in [0.1, 0.15) is 78.6 Å². The van der Waals surface area contributed by atoms with Crippen LogP contribution in [0.25, 0.3) is 0 Å². The number of nitrogens with one attached hydrogen (secondary N) is 2. The summed E-state index contributed by atoms with van der Waals surface area (Å²) >= 11 is 0. The van der Waals surface area contributed by atoms with Gasteiger partial charge >= 0.3 is 0 Å². The van der Waals surface area contributed by atoms with Crippen molar-refractivity contribution in [1.82, 2.24) is 15.5 Å². The van der Waals surface area contributed by atoms with Crippen LogP contribution in [-0.4, -0.2) is 49.4 Å². The van der Waals surface area contributed by atoms with Crippen molar-refractivity contribution >= 4 is 12.2 Å². The summed E-state index contributed by atoms with van der Waals surface area (Å²) in [6, 6.07) is 0.546. The number of carbonyl (C=O) groups excluding carboxylic acids is 1. The zero-order valence-electron chi connectivity index (χ0n) is 18.9. The Balaban J connectivity index is 1.94. The van der Waals surface area contributed by atoms with Gasteiger partial charge in [0.25, 0.3) is 0 Å². The number of allylic oxidation sites excluding steroid dienone is 1. The first kappa shape index (κ1) is 23.7. The number of aliphatic imine (C=N–C) groups is 1. The van der Waals surface area contributed by atoms with E-state index in [1.807, 2.05) is 6.92 Å². The molecule has 0 spiro atoms. The molecule has 0 radical (unpaired) electrons. The third-order valence-electron chi connectivity index (χ3n) is 6.42. The molecular formula is C24H42N4O. The lowest BCUT2D eigenvalue weighted by Crippen LogP contribution is -2.33. The van der Waals surface area contributed by atoms with Gasteiger partial charge in [-0.1, -0.05) is 46.1 Å². The molecule has 2 N–H and O–H groups in total. The Kier molecular flexibility index (Phi) is 10.5. The molecule has 2 fully saturated rings. The number of hydrogen-bond acceptors (Lipinski definition) is 3. The molecule has 0 aromatic heterocycles. The second-order valence-electron chi connectivity index (χ2n) is 8.63. The zero-order chi connectivity index (χ0) is 21.1. The first-order chi connectivity index (χ1) is 14.1. The van der Waals surface area contributed by atoms with Crippen molar-refractivity contribution in [2.75, 3.05) is 26.2 Å². The van der Waals surface area contributed by atoms with E-state index < -0.39 is 0 Å². The van der Waals surface area contributed by atoms with Crippen molar-refractivity contribution in [3.8, 4) is 0 Å². The Morgan fingerprint density at radius 2 is 1.93 bits per heavy atom. The van der Waals surface area contributed by atoms with Gasteiger partial charge in [0.15, 0.2) is 0 Å². The molecule has 2 aliphatic rings. The predicted molar refractivity (Wildman–Crippen MR) is 123 cm³/mol. The summed E-state index contributed by atoms with van der Waals surface area (Å²) in [5, 5.41) is 6.44. The molecule has 1 aliphatic heterocycles. The van der Waals surface area contributed by atoms with Gasteiger partial charge in [0.1, 0.15) is 0 Å². The maximum absolute atomic E-state index is 12.8. The highest BCUT2D eigenvalue weighted by Gasteiger charge is 2.22. The first-order valence-corrected chi connectivity index (χ1v) is 11.7. The van der Waals surface area contributed by atoms with E-state index in [1.54, 1.807) is 6.34 Å². The minimum absolute atomic E-state index is 0.0108. The largest absolute Gasteiger partial charge is 0.352 e. The van der Waals surface area contributed by atoms with E-state index in [0.29, 0.717) is 17.5 Å². The molecule has 1 saturated heterocycles. The van der Waals surface area contributed by atoms with E-state index >= 15 is 0 Å².